The molecule has 6 atom stereocenters. The van der Waals surface area contributed by atoms with E-state index in [1.165, 1.54) is 31.4 Å². The molecule has 5 heteroatoms. The van der Waals surface area contributed by atoms with Crippen LogP contribution in [0.3, 0.4) is 0 Å². The Morgan fingerprint density at radius 2 is 2.04 bits per heavy atom. The van der Waals surface area contributed by atoms with Gasteiger partial charge in [0, 0.05) is 11.5 Å². The SMILES string of the molecule is C[C@]12CCC[C@@]3(CO3)[C@H]1C[C@H]1[C@@H](C2)OC(=O)[C@@H]1C[NH2+]Cc1ccc(F)cc1. The Morgan fingerprint density at radius 1 is 1.26 bits per heavy atom. The molecular formula is C22H29FNO3+. The number of esters is 1. The van der Waals surface area contributed by atoms with Gasteiger partial charge in [-0.25, -0.2) is 4.39 Å². The Labute approximate surface area is 159 Å². The largest absolute Gasteiger partial charge is 0.462 e. The van der Waals surface area contributed by atoms with Crippen molar-refractivity contribution in [3.05, 3.63) is 35.6 Å². The Kier molecular flexibility index (Phi) is 4.10. The highest BCUT2D eigenvalue weighted by atomic mass is 19.1. The zero-order valence-corrected chi connectivity index (χ0v) is 16.0. The molecule has 1 aromatic rings. The van der Waals surface area contributed by atoms with Gasteiger partial charge in [-0.3, -0.25) is 4.79 Å². The fourth-order valence-corrected chi connectivity index (χ4v) is 6.28. The highest BCUT2D eigenvalue weighted by Crippen LogP contribution is 2.62. The summed E-state index contributed by atoms with van der Waals surface area (Å²) in [6.07, 6.45) is 5.77. The molecule has 4 aliphatic rings. The predicted molar refractivity (Wildman–Crippen MR) is 97.1 cm³/mol. The van der Waals surface area contributed by atoms with Gasteiger partial charge in [-0.2, -0.15) is 0 Å². The van der Waals surface area contributed by atoms with Crippen LogP contribution in [0.15, 0.2) is 24.3 Å². The highest BCUT2D eigenvalue weighted by molar-refractivity contribution is 5.75. The number of quaternary nitrogens is 1. The van der Waals surface area contributed by atoms with Crippen LogP contribution in [0.25, 0.3) is 0 Å². The lowest BCUT2D eigenvalue weighted by molar-refractivity contribution is -0.675. The van der Waals surface area contributed by atoms with Crippen LogP contribution in [-0.2, 0) is 20.8 Å². The van der Waals surface area contributed by atoms with Crippen molar-refractivity contribution >= 4 is 5.97 Å². The van der Waals surface area contributed by atoms with Crippen LogP contribution in [0.5, 0.6) is 0 Å². The first-order chi connectivity index (χ1) is 13.0. The van der Waals surface area contributed by atoms with Crippen LogP contribution < -0.4 is 5.32 Å². The molecule has 0 aromatic heterocycles. The molecule has 146 valence electrons. The summed E-state index contributed by atoms with van der Waals surface area (Å²) in [5, 5.41) is 2.17. The third-order valence-corrected chi connectivity index (χ3v) is 7.79. The molecule has 4 nitrogen and oxygen atoms in total. The Bertz CT molecular complexity index is 732. The van der Waals surface area contributed by atoms with E-state index in [1.807, 2.05) is 12.1 Å². The minimum Gasteiger partial charge on any atom is -0.462 e. The van der Waals surface area contributed by atoms with Crippen molar-refractivity contribution in [2.24, 2.45) is 23.2 Å². The lowest BCUT2D eigenvalue weighted by Gasteiger charge is -2.51. The quantitative estimate of drug-likeness (QED) is 0.650. The number of hydrogen-bond acceptors (Lipinski definition) is 3. The van der Waals surface area contributed by atoms with Crippen molar-refractivity contribution in [3.63, 3.8) is 0 Å². The Balaban J connectivity index is 1.26. The standard InChI is InChI=1S/C22H28FNO3/c1-21-7-2-8-22(13-26-22)19(21)9-16-17(20(25)27-18(16)10-21)12-24-11-14-3-5-15(23)6-4-14/h3-6,16-19,24H,2,7-13H2,1H3/p+1/t16-,17-,18-,19+,21-,22-/m1/s1. The molecule has 1 aromatic carbocycles. The summed E-state index contributed by atoms with van der Waals surface area (Å²) in [7, 11) is 0. The summed E-state index contributed by atoms with van der Waals surface area (Å²) < 4.78 is 24.9. The van der Waals surface area contributed by atoms with Crippen LogP contribution in [-0.4, -0.2) is 30.8 Å². The fourth-order valence-electron chi connectivity index (χ4n) is 6.28. The zero-order chi connectivity index (χ0) is 18.6. The second-order valence-corrected chi connectivity index (χ2v) is 9.45. The van der Waals surface area contributed by atoms with Crippen molar-refractivity contribution in [1.29, 1.82) is 0 Å². The number of rotatable bonds is 4. The van der Waals surface area contributed by atoms with Gasteiger partial charge in [0.05, 0.1) is 18.8 Å². The second kappa shape index (κ2) is 6.28. The third kappa shape index (κ3) is 2.99. The minimum atomic E-state index is -0.213. The van der Waals surface area contributed by atoms with Crippen molar-refractivity contribution in [3.8, 4) is 0 Å². The van der Waals surface area contributed by atoms with Gasteiger partial charge in [0.25, 0.3) is 0 Å². The van der Waals surface area contributed by atoms with E-state index in [9.17, 15) is 9.18 Å². The molecular weight excluding hydrogens is 345 g/mol. The molecule has 0 radical (unpaired) electrons. The van der Waals surface area contributed by atoms with Gasteiger partial charge in [-0.1, -0.05) is 19.1 Å². The van der Waals surface area contributed by atoms with Crippen molar-refractivity contribution in [1.82, 2.24) is 0 Å². The first-order valence-corrected chi connectivity index (χ1v) is 10.4. The number of carbonyl (C=O) groups excluding carboxylic acids is 1. The average molecular weight is 374 g/mol. The molecule has 0 unspecified atom stereocenters. The van der Waals surface area contributed by atoms with Gasteiger partial charge in [-0.05, 0) is 55.6 Å². The van der Waals surface area contributed by atoms with Crippen molar-refractivity contribution < 1.29 is 24.0 Å². The summed E-state index contributed by atoms with van der Waals surface area (Å²) >= 11 is 0. The topological polar surface area (TPSA) is 55.4 Å². The van der Waals surface area contributed by atoms with Crippen molar-refractivity contribution in [2.75, 3.05) is 13.2 Å². The maximum absolute atomic E-state index is 13.0. The number of carbonyl (C=O) groups is 1. The molecule has 2 aliphatic heterocycles. The van der Waals surface area contributed by atoms with E-state index in [-0.39, 0.29) is 34.8 Å². The summed E-state index contributed by atoms with van der Waals surface area (Å²) in [4.78, 5) is 12.6. The van der Waals surface area contributed by atoms with Crippen molar-refractivity contribution in [2.45, 2.75) is 57.3 Å². The molecule has 2 saturated heterocycles. The number of halogens is 1. The molecule has 4 fully saturated rings. The summed E-state index contributed by atoms with van der Waals surface area (Å²) in [5.41, 5.74) is 1.43. The van der Waals surface area contributed by atoms with E-state index in [0.717, 1.165) is 38.1 Å². The molecule has 1 spiro atoms. The molecule has 2 heterocycles. The van der Waals surface area contributed by atoms with E-state index in [0.29, 0.717) is 11.8 Å². The third-order valence-electron chi connectivity index (χ3n) is 7.79. The maximum atomic E-state index is 13.0. The van der Waals surface area contributed by atoms with E-state index in [2.05, 4.69) is 12.2 Å². The summed E-state index contributed by atoms with van der Waals surface area (Å²) in [6.45, 7) is 4.80. The van der Waals surface area contributed by atoms with E-state index in [1.54, 1.807) is 0 Å². The summed E-state index contributed by atoms with van der Waals surface area (Å²) in [5.74, 6) is 0.620. The number of benzene rings is 1. The highest BCUT2D eigenvalue weighted by Gasteiger charge is 2.65. The normalized spacial score (nSPS) is 42.5. The van der Waals surface area contributed by atoms with Gasteiger partial charge in [0.15, 0.2) is 0 Å². The van der Waals surface area contributed by atoms with Gasteiger partial charge in [0.1, 0.15) is 24.4 Å². The summed E-state index contributed by atoms with van der Waals surface area (Å²) in [6, 6.07) is 6.60. The number of fused-ring (bicyclic) bond motifs is 3. The van der Waals surface area contributed by atoms with E-state index < -0.39 is 0 Å². The molecule has 2 saturated carbocycles. The molecule has 5 rings (SSSR count). The predicted octanol–water partition coefficient (Wildman–Crippen LogP) is 2.42. The molecule has 2 N–H and O–H groups in total. The monoisotopic (exact) mass is 374 g/mol. The minimum absolute atomic E-state index is 0.0200. The van der Waals surface area contributed by atoms with Crippen LogP contribution >= 0.6 is 0 Å². The fraction of sp³-hybridized carbons (Fsp3) is 0.682. The number of epoxide rings is 1. The molecule has 27 heavy (non-hydrogen) atoms. The van der Waals surface area contributed by atoms with Gasteiger partial charge in [-0.15, -0.1) is 0 Å². The molecule has 2 aliphatic carbocycles. The first-order valence-electron chi connectivity index (χ1n) is 10.4. The van der Waals surface area contributed by atoms with Crippen LogP contribution in [0.4, 0.5) is 4.39 Å². The van der Waals surface area contributed by atoms with Crippen LogP contribution in [0.2, 0.25) is 0 Å². The number of hydrogen-bond donors (Lipinski definition) is 1. The van der Waals surface area contributed by atoms with E-state index in [4.69, 9.17) is 9.47 Å². The van der Waals surface area contributed by atoms with Crippen LogP contribution in [0.1, 0.15) is 44.6 Å². The maximum Gasteiger partial charge on any atom is 0.315 e. The van der Waals surface area contributed by atoms with Gasteiger partial charge < -0.3 is 14.8 Å². The smallest absolute Gasteiger partial charge is 0.315 e. The number of nitrogens with two attached hydrogens (primary N) is 1. The van der Waals surface area contributed by atoms with E-state index >= 15 is 0 Å². The zero-order valence-electron chi connectivity index (χ0n) is 16.0. The number of ether oxygens (including phenoxy) is 2. The molecule has 0 amide bonds. The lowest BCUT2D eigenvalue weighted by atomic mass is 9.53. The Hall–Kier alpha value is -1.46. The van der Waals surface area contributed by atoms with Gasteiger partial charge >= 0.3 is 5.97 Å². The Morgan fingerprint density at radius 3 is 2.78 bits per heavy atom. The second-order valence-electron chi connectivity index (χ2n) is 9.45. The average Bonchev–Trinajstić information content (AvgIpc) is 3.33. The first kappa shape index (κ1) is 17.6. The van der Waals surface area contributed by atoms with Crippen LogP contribution in [0, 0.1) is 29.0 Å². The molecule has 0 bridgehead atoms. The van der Waals surface area contributed by atoms with Gasteiger partial charge in [0.2, 0.25) is 0 Å². The lowest BCUT2D eigenvalue weighted by Crippen LogP contribution is -2.84.